The van der Waals surface area contributed by atoms with E-state index >= 15 is 0 Å². The number of Topliss-reactive ketones (excluding diaryl/α,β-unsaturated/α-hetero) is 1. The predicted octanol–water partition coefficient (Wildman–Crippen LogP) is 1.08. The van der Waals surface area contributed by atoms with Gasteiger partial charge in [0.2, 0.25) is 0 Å². The average Bonchev–Trinajstić information content (AvgIpc) is 2.62. The highest BCUT2D eigenvalue weighted by Gasteiger charge is 2.11. The van der Waals surface area contributed by atoms with Gasteiger partial charge < -0.3 is 0 Å². The molecule has 2 rings (SSSR count). The Hall–Kier alpha value is -2.04. The molecule has 0 saturated carbocycles. The zero-order valence-electron chi connectivity index (χ0n) is 8.51. The van der Waals surface area contributed by atoms with Crippen LogP contribution in [0.3, 0.4) is 0 Å². The Bertz CT molecular complexity index is 489. The molecule has 0 aromatic carbocycles. The highest BCUT2D eigenvalue weighted by atomic mass is 16.1. The van der Waals surface area contributed by atoms with Crippen LogP contribution in [-0.4, -0.2) is 25.5 Å². The molecule has 0 unspecified atom stereocenters. The first kappa shape index (κ1) is 9.51. The third kappa shape index (κ3) is 1.76. The number of hydrogen-bond acceptors (Lipinski definition) is 4. The molecule has 2 aromatic rings. The average molecular weight is 202 g/mol. The summed E-state index contributed by atoms with van der Waals surface area (Å²) in [6, 6.07) is 3.43. The van der Waals surface area contributed by atoms with Crippen LogP contribution in [0.5, 0.6) is 0 Å². The van der Waals surface area contributed by atoms with Crippen molar-refractivity contribution in [3.05, 3.63) is 30.2 Å². The minimum absolute atomic E-state index is 0.0211. The van der Waals surface area contributed by atoms with Gasteiger partial charge >= 0.3 is 0 Å². The van der Waals surface area contributed by atoms with Crippen molar-refractivity contribution < 1.29 is 4.79 Å². The highest BCUT2D eigenvalue weighted by molar-refractivity contribution is 5.93. The molecule has 0 aliphatic carbocycles. The fraction of sp³-hybridized carbons (Fsp3) is 0.200. The lowest BCUT2D eigenvalue weighted by Crippen LogP contribution is -2.02. The van der Waals surface area contributed by atoms with E-state index in [2.05, 4.69) is 15.1 Å². The lowest BCUT2D eigenvalue weighted by molar-refractivity contribution is 0.100. The maximum absolute atomic E-state index is 11.2. The number of ketones is 1. The van der Waals surface area contributed by atoms with Gasteiger partial charge in [-0.2, -0.15) is 5.10 Å². The lowest BCUT2D eigenvalue weighted by Gasteiger charge is -1.92. The summed E-state index contributed by atoms with van der Waals surface area (Å²) >= 11 is 0. The Labute approximate surface area is 86.8 Å². The molecule has 0 radical (unpaired) electrons. The van der Waals surface area contributed by atoms with E-state index in [1.807, 2.05) is 0 Å². The topological polar surface area (TPSA) is 60.7 Å². The van der Waals surface area contributed by atoms with E-state index in [4.69, 9.17) is 0 Å². The number of nitrogens with zero attached hydrogens (tertiary/aromatic N) is 4. The highest BCUT2D eigenvalue weighted by Crippen LogP contribution is 2.13. The van der Waals surface area contributed by atoms with E-state index < -0.39 is 0 Å². The largest absolute Gasteiger partial charge is 0.293 e. The Balaban J connectivity index is 2.48. The van der Waals surface area contributed by atoms with Crippen molar-refractivity contribution in [2.45, 2.75) is 6.92 Å². The summed E-state index contributed by atoms with van der Waals surface area (Å²) in [4.78, 5) is 19.3. The molecular formula is C10H10N4O. The van der Waals surface area contributed by atoms with E-state index in [1.165, 1.54) is 11.6 Å². The van der Waals surface area contributed by atoms with Gasteiger partial charge in [0.05, 0.1) is 0 Å². The first-order valence-electron chi connectivity index (χ1n) is 4.51. The molecule has 0 spiro atoms. The van der Waals surface area contributed by atoms with Crippen LogP contribution in [0.15, 0.2) is 24.5 Å². The number of aromatic nitrogens is 4. The van der Waals surface area contributed by atoms with Gasteiger partial charge in [-0.25, -0.2) is 9.97 Å². The molecule has 0 N–H and O–H groups in total. The zero-order valence-corrected chi connectivity index (χ0v) is 8.51. The van der Waals surface area contributed by atoms with Gasteiger partial charge in [-0.1, -0.05) is 0 Å². The SMILES string of the molecule is CC(=O)c1cc(-c2ncccn2)nn1C. The Morgan fingerprint density at radius 3 is 2.53 bits per heavy atom. The quantitative estimate of drug-likeness (QED) is 0.683. The normalized spacial score (nSPS) is 10.3. The van der Waals surface area contributed by atoms with Gasteiger partial charge in [0.15, 0.2) is 11.6 Å². The van der Waals surface area contributed by atoms with Crippen molar-refractivity contribution in [2.24, 2.45) is 7.05 Å². The minimum Gasteiger partial charge on any atom is -0.293 e. The van der Waals surface area contributed by atoms with E-state index in [9.17, 15) is 4.79 Å². The van der Waals surface area contributed by atoms with E-state index in [0.29, 0.717) is 17.2 Å². The summed E-state index contributed by atoms with van der Waals surface area (Å²) in [5.74, 6) is 0.507. The summed E-state index contributed by atoms with van der Waals surface area (Å²) < 4.78 is 1.54. The molecule has 0 amide bonds. The zero-order chi connectivity index (χ0) is 10.8. The third-order valence-corrected chi connectivity index (χ3v) is 2.04. The number of aryl methyl sites for hydroxylation is 1. The molecule has 2 aromatic heterocycles. The minimum atomic E-state index is -0.0211. The molecule has 76 valence electrons. The summed E-state index contributed by atoms with van der Waals surface area (Å²) in [5, 5.41) is 4.17. The fourth-order valence-electron chi connectivity index (χ4n) is 1.34. The second kappa shape index (κ2) is 3.61. The maximum Gasteiger partial charge on any atom is 0.180 e. The molecular weight excluding hydrogens is 192 g/mol. The van der Waals surface area contributed by atoms with Gasteiger partial charge in [0.25, 0.3) is 0 Å². The van der Waals surface area contributed by atoms with Gasteiger partial charge in [-0.05, 0) is 12.1 Å². The molecule has 5 nitrogen and oxygen atoms in total. The molecule has 5 heteroatoms. The molecule has 0 atom stereocenters. The summed E-state index contributed by atoms with van der Waals surface area (Å²) in [6.45, 7) is 1.51. The molecule has 2 heterocycles. The molecule has 0 saturated heterocycles. The third-order valence-electron chi connectivity index (χ3n) is 2.04. The summed E-state index contributed by atoms with van der Waals surface area (Å²) in [6.07, 6.45) is 3.29. The van der Waals surface area contributed by atoms with Gasteiger partial charge in [0, 0.05) is 26.4 Å². The molecule has 15 heavy (non-hydrogen) atoms. The van der Waals surface area contributed by atoms with Crippen molar-refractivity contribution in [1.29, 1.82) is 0 Å². The Morgan fingerprint density at radius 2 is 2.00 bits per heavy atom. The lowest BCUT2D eigenvalue weighted by atomic mass is 10.3. The van der Waals surface area contributed by atoms with Crippen molar-refractivity contribution >= 4 is 5.78 Å². The van der Waals surface area contributed by atoms with E-state index in [0.717, 1.165) is 0 Å². The van der Waals surface area contributed by atoms with Crippen LogP contribution < -0.4 is 0 Å². The molecule has 0 bridgehead atoms. The van der Waals surface area contributed by atoms with Crippen LogP contribution >= 0.6 is 0 Å². The Kier molecular flexibility index (Phi) is 2.29. The van der Waals surface area contributed by atoms with Gasteiger partial charge in [0.1, 0.15) is 11.4 Å². The van der Waals surface area contributed by atoms with E-state index in [-0.39, 0.29) is 5.78 Å². The van der Waals surface area contributed by atoms with Crippen LogP contribution in [0.4, 0.5) is 0 Å². The van der Waals surface area contributed by atoms with Crippen molar-refractivity contribution in [3.63, 3.8) is 0 Å². The van der Waals surface area contributed by atoms with Crippen molar-refractivity contribution in [3.8, 4) is 11.5 Å². The summed E-state index contributed by atoms with van der Waals surface area (Å²) in [7, 11) is 1.73. The molecule has 0 aliphatic rings. The van der Waals surface area contributed by atoms with Gasteiger partial charge in [-0.15, -0.1) is 0 Å². The van der Waals surface area contributed by atoms with Crippen LogP contribution in [0.2, 0.25) is 0 Å². The first-order chi connectivity index (χ1) is 7.18. The summed E-state index contributed by atoms with van der Waals surface area (Å²) in [5.41, 5.74) is 1.17. The standard InChI is InChI=1S/C10H10N4O/c1-7(15)9-6-8(13-14(9)2)10-11-4-3-5-12-10/h3-6H,1-2H3. The second-order valence-electron chi connectivity index (χ2n) is 3.17. The van der Waals surface area contributed by atoms with Crippen molar-refractivity contribution in [1.82, 2.24) is 19.7 Å². The van der Waals surface area contributed by atoms with Crippen molar-refractivity contribution in [2.75, 3.05) is 0 Å². The monoisotopic (exact) mass is 202 g/mol. The predicted molar refractivity (Wildman–Crippen MR) is 54.2 cm³/mol. The second-order valence-corrected chi connectivity index (χ2v) is 3.17. The van der Waals surface area contributed by atoms with Gasteiger partial charge in [-0.3, -0.25) is 9.48 Å². The van der Waals surface area contributed by atoms with E-state index in [1.54, 1.807) is 31.6 Å². The number of carbonyl (C=O) groups is 1. The maximum atomic E-state index is 11.2. The smallest absolute Gasteiger partial charge is 0.180 e. The number of carbonyl (C=O) groups excluding carboxylic acids is 1. The van der Waals surface area contributed by atoms with Crippen LogP contribution in [0.1, 0.15) is 17.4 Å². The van der Waals surface area contributed by atoms with Crippen LogP contribution in [0.25, 0.3) is 11.5 Å². The molecule has 0 aliphatic heterocycles. The fourth-order valence-corrected chi connectivity index (χ4v) is 1.34. The van der Waals surface area contributed by atoms with Crippen LogP contribution in [-0.2, 0) is 7.05 Å². The Morgan fingerprint density at radius 1 is 1.33 bits per heavy atom. The number of hydrogen-bond donors (Lipinski definition) is 0. The molecule has 0 fully saturated rings. The van der Waals surface area contributed by atoms with Crippen LogP contribution in [0, 0.1) is 0 Å². The first-order valence-corrected chi connectivity index (χ1v) is 4.51. The number of rotatable bonds is 2.